The molecule has 1 aromatic heterocycles. The average molecular weight is 296 g/mol. The maximum absolute atomic E-state index is 13.6. The van der Waals surface area contributed by atoms with Gasteiger partial charge in [-0.25, -0.2) is 13.8 Å². The third-order valence-electron chi connectivity index (χ3n) is 2.88. The number of aromatic nitrogens is 2. The summed E-state index contributed by atoms with van der Waals surface area (Å²) in [5.41, 5.74) is 0.582. The molecular weight excluding hydrogens is 288 g/mol. The number of nitrogens with one attached hydrogen (secondary N) is 1. The van der Waals surface area contributed by atoms with E-state index in [2.05, 4.69) is 14.7 Å². The highest BCUT2D eigenvalue weighted by Gasteiger charge is 2.13. The van der Waals surface area contributed by atoms with E-state index in [-0.39, 0.29) is 17.1 Å². The van der Waals surface area contributed by atoms with Crippen molar-refractivity contribution in [2.75, 3.05) is 0 Å². The largest absolute Gasteiger partial charge is 0.435 e. The first-order valence-corrected chi connectivity index (χ1v) is 5.93. The van der Waals surface area contributed by atoms with Crippen LogP contribution in [0.25, 0.3) is 22.4 Å². The van der Waals surface area contributed by atoms with Crippen LogP contribution in [0.5, 0.6) is 5.75 Å². The van der Waals surface area contributed by atoms with E-state index in [9.17, 15) is 17.6 Å². The number of hydrogen-bond acceptors (Lipinski definition) is 2. The minimum absolute atomic E-state index is 0.0467. The first-order valence-electron chi connectivity index (χ1n) is 5.93. The zero-order valence-corrected chi connectivity index (χ0v) is 10.4. The molecule has 0 fully saturated rings. The minimum Gasteiger partial charge on any atom is -0.435 e. The number of halogens is 4. The van der Waals surface area contributed by atoms with Crippen molar-refractivity contribution in [3.8, 4) is 17.1 Å². The lowest BCUT2D eigenvalue weighted by atomic mass is 10.2. The number of nitrogens with zero attached hydrogens (tertiary/aromatic N) is 1. The number of benzene rings is 2. The Labute approximate surface area is 116 Å². The van der Waals surface area contributed by atoms with E-state index in [1.165, 1.54) is 24.3 Å². The number of fused-ring (bicyclic) bond motifs is 1. The molecule has 1 heterocycles. The van der Waals surface area contributed by atoms with Crippen molar-refractivity contribution in [3.05, 3.63) is 48.0 Å². The summed E-state index contributed by atoms with van der Waals surface area (Å²) in [7, 11) is 0. The molecular formula is C14H8F4N2O. The molecule has 0 aliphatic heterocycles. The zero-order valence-electron chi connectivity index (χ0n) is 10.4. The normalized spacial score (nSPS) is 11.3. The van der Waals surface area contributed by atoms with Crippen molar-refractivity contribution in [2.45, 2.75) is 6.61 Å². The monoisotopic (exact) mass is 296 g/mol. The smallest absolute Gasteiger partial charge is 0.387 e. The minimum atomic E-state index is -2.94. The van der Waals surface area contributed by atoms with Crippen LogP contribution in [-0.2, 0) is 0 Å². The van der Waals surface area contributed by atoms with Gasteiger partial charge in [0.2, 0.25) is 0 Å². The molecule has 0 unspecified atom stereocenters. The van der Waals surface area contributed by atoms with E-state index < -0.39 is 18.2 Å². The second kappa shape index (κ2) is 5.08. The van der Waals surface area contributed by atoms with Gasteiger partial charge in [0.15, 0.2) is 11.6 Å². The molecule has 0 radical (unpaired) electrons. The molecule has 7 heteroatoms. The number of H-pyrrole nitrogens is 1. The molecule has 1 N–H and O–H groups in total. The lowest BCUT2D eigenvalue weighted by Gasteiger charge is -2.05. The summed E-state index contributed by atoms with van der Waals surface area (Å²) in [6.07, 6.45) is 0. The van der Waals surface area contributed by atoms with Crippen molar-refractivity contribution in [2.24, 2.45) is 0 Å². The highest BCUT2D eigenvalue weighted by atomic mass is 19.3. The lowest BCUT2D eigenvalue weighted by Crippen LogP contribution is -2.01. The number of alkyl halides is 2. The van der Waals surface area contributed by atoms with Crippen LogP contribution in [-0.4, -0.2) is 16.6 Å². The standard InChI is InChI=1S/C14H8F4N2O/c15-9-4-5-10-12(11(9)16)20-13(19-10)7-2-1-3-8(6-7)21-14(17)18/h1-6,14H,(H,19,20). The lowest BCUT2D eigenvalue weighted by molar-refractivity contribution is -0.0498. The molecule has 0 saturated heterocycles. The molecule has 2 aromatic carbocycles. The van der Waals surface area contributed by atoms with Gasteiger partial charge >= 0.3 is 6.61 Å². The number of rotatable bonds is 3. The molecule has 0 spiro atoms. The van der Waals surface area contributed by atoms with Crippen LogP contribution >= 0.6 is 0 Å². The third kappa shape index (κ3) is 2.54. The fraction of sp³-hybridized carbons (Fsp3) is 0.0714. The zero-order chi connectivity index (χ0) is 15.0. The van der Waals surface area contributed by atoms with Gasteiger partial charge in [0.1, 0.15) is 17.1 Å². The van der Waals surface area contributed by atoms with E-state index in [0.717, 1.165) is 6.07 Å². The maximum Gasteiger partial charge on any atom is 0.387 e. The average Bonchev–Trinajstić information content (AvgIpc) is 2.87. The Balaban J connectivity index is 2.06. The summed E-state index contributed by atoms with van der Waals surface area (Å²) in [6, 6.07) is 8.11. The molecule has 3 nitrogen and oxygen atoms in total. The molecule has 0 aliphatic rings. The van der Waals surface area contributed by atoms with Crippen LogP contribution in [0.1, 0.15) is 0 Å². The third-order valence-corrected chi connectivity index (χ3v) is 2.88. The molecule has 0 amide bonds. The number of imidazole rings is 1. The van der Waals surface area contributed by atoms with Crippen LogP contribution in [0.4, 0.5) is 17.6 Å². The van der Waals surface area contributed by atoms with Gasteiger partial charge < -0.3 is 9.72 Å². The van der Waals surface area contributed by atoms with Gasteiger partial charge in [0.25, 0.3) is 0 Å². The molecule has 0 saturated carbocycles. The molecule has 0 bridgehead atoms. The van der Waals surface area contributed by atoms with Crippen LogP contribution in [0.15, 0.2) is 36.4 Å². The van der Waals surface area contributed by atoms with Crippen LogP contribution < -0.4 is 4.74 Å². The highest BCUT2D eigenvalue weighted by Crippen LogP contribution is 2.26. The van der Waals surface area contributed by atoms with E-state index in [1.54, 1.807) is 6.07 Å². The number of ether oxygens (including phenoxy) is 1. The molecule has 0 aliphatic carbocycles. The van der Waals surface area contributed by atoms with Crippen molar-refractivity contribution in [3.63, 3.8) is 0 Å². The van der Waals surface area contributed by atoms with Gasteiger partial charge in [-0.15, -0.1) is 0 Å². The molecule has 21 heavy (non-hydrogen) atoms. The Hall–Kier alpha value is -2.57. The van der Waals surface area contributed by atoms with Crippen LogP contribution in [0.2, 0.25) is 0 Å². The van der Waals surface area contributed by atoms with Crippen molar-refractivity contribution in [1.82, 2.24) is 9.97 Å². The van der Waals surface area contributed by atoms with E-state index >= 15 is 0 Å². The van der Waals surface area contributed by atoms with Crippen molar-refractivity contribution in [1.29, 1.82) is 0 Å². The Morgan fingerprint density at radius 3 is 2.67 bits per heavy atom. The van der Waals surface area contributed by atoms with Crippen LogP contribution in [0, 0.1) is 11.6 Å². The van der Waals surface area contributed by atoms with Gasteiger partial charge in [-0.2, -0.15) is 8.78 Å². The van der Waals surface area contributed by atoms with E-state index in [1.807, 2.05) is 0 Å². The molecule has 3 rings (SSSR count). The van der Waals surface area contributed by atoms with E-state index in [0.29, 0.717) is 11.1 Å². The predicted molar refractivity (Wildman–Crippen MR) is 68.1 cm³/mol. The van der Waals surface area contributed by atoms with E-state index in [4.69, 9.17) is 0 Å². The van der Waals surface area contributed by atoms with Crippen molar-refractivity contribution >= 4 is 11.0 Å². The Morgan fingerprint density at radius 2 is 1.90 bits per heavy atom. The second-order valence-electron chi connectivity index (χ2n) is 4.25. The summed E-state index contributed by atoms with van der Waals surface area (Å²) < 4.78 is 55.4. The summed E-state index contributed by atoms with van der Waals surface area (Å²) >= 11 is 0. The molecule has 0 atom stereocenters. The molecule has 108 valence electrons. The van der Waals surface area contributed by atoms with Crippen LogP contribution in [0.3, 0.4) is 0 Å². The first kappa shape index (κ1) is 13.4. The highest BCUT2D eigenvalue weighted by molar-refractivity contribution is 5.80. The van der Waals surface area contributed by atoms with Gasteiger partial charge in [-0.1, -0.05) is 12.1 Å². The number of aromatic amines is 1. The summed E-state index contributed by atoms with van der Waals surface area (Å²) in [4.78, 5) is 6.75. The Morgan fingerprint density at radius 1 is 1.10 bits per heavy atom. The quantitative estimate of drug-likeness (QED) is 0.739. The molecule has 3 aromatic rings. The first-order chi connectivity index (χ1) is 10.0. The van der Waals surface area contributed by atoms with Gasteiger partial charge in [0, 0.05) is 5.56 Å². The summed E-state index contributed by atoms with van der Waals surface area (Å²) in [5, 5.41) is 0. The van der Waals surface area contributed by atoms with Gasteiger partial charge in [-0.05, 0) is 24.3 Å². The van der Waals surface area contributed by atoms with Gasteiger partial charge in [0.05, 0.1) is 5.52 Å². The second-order valence-corrected chi connectivity index (χ2v) is 4.25. The summed E-state index contributed by atoms with van der Waals surface area (Å²) in [6.45, 7) is -2.94. The predicted octanol–water partition coefficient (Wildman–Crippen LogP) is 4.11. The Kier molecular flexibility index (Phi) is 3.25. The fourth-order valence-electron chi connectivity index (χ4n) is 1.97. The van der Waals surface area contributed by atoms with Gasteiger partial charge in [-0.3, -0.25) is 0 Å². The van der Waals surface area contributed by atoms with Crippen molar-refractivity contribution < 1.29 is 22.3 Å². The SMILES string of the molecule is Fc1ccc2[nH]c(-c3cccc(OC(F)F)c3)nc2c1F. The topological polar surface area (TPSA) is 37.9 Å². The number of hydrogen-bond donors (Lipinski definition) is 1. The fourth-order valence-corrected chi connectivity index (χ4v) is 1.97. The summed E-state index contributed by atoms with van der Waals surface area (Å²) in [5.74, 6) is -1.88. The maximum atomic E-state index is 13.6. The Bertz CT molecular complexity index is 801.